The van der Waals surface area contributed by atoms with Crippen LogP contribution in [-0.4, -0.2) is 20.2 Å². The third-order valence-corrected chi connectivity index (χ3v) is 2.36. The van der Waals surface area contributed by atoms with E-state index < -0.39 is 0 Å². The van der Waals surface area contributed by atoms with Crippen molar-refractivity contribution in [2.45, 2.75) is 45.0 Å². The highest BCUT2D eigenvalue weighted by Crippen LogP contribution is 2.17. The Morgan fingerprint density at radius 1 is 1.46 bits per heavy atom. The van der Waals surface area contributed by atoms with Gasteiger partial charge in [-0.2, -0.15) is 0 Å². The molecule has 1 aromatic rings. The van der Waals surface area contributed by atoms with Crippen molar-refractivity contribution in [3.8, 4) is 0 Å². The fourth-order valence-corrected chi connectivity index (χ4v) is 1.59. The lowest BCUT2D eigenvalue weighted by Crippen LogP contribution is -2.12. The van der Waals surface area contributed by atoms with Crippen molar-refractivity contribution in [3.05, 3.63) is 5.82 Å². The molecule has 1 aromatic heterocycles. The lowest BCUT2D eigenvalue weighted by molar-refractivity contribution is 0.391. The smallest absolute Gasteiger partial charge is 0.166 e. The van der Waals surface area contributed by atoms with Gasteiger partial charge in [0.05, 0.1) is 11.9 Å². The van der Waals surface area contributed by atoms with Crippen molar-refractivity contribution < 1.29 is 0 Å². The van der Waals surface area contributed by atoms with E-state index in [2.05, 4.69) is 29.4 Å². The van der Waals surface area contributed by atoms with Crippen LogP contribution in [0.25, 0.3) is 0 Å². The standard InChI is InChI=1S/C8H15ClN4/c1-3-5-7(4-2)13-8(6-9)10-11-12-13/h7H,3-6H2,1-2H3. The highest BCUT2D eigenvalue weighted by atomic mass is 35.5. The first-order valence-electron chi connectivity index (χ1n) is 4.66. The van der Waals surface area contributed by atoms with Gasteiger partial charge < -0.3 is 0 Å². The van der Waals surface area contributed by atoms with Gasteiger partial charge in [-0.25, -0.2) is 4.68 Å². The summed E-state index contributed by atoms with van der Waals surface area (Å²) < 4.78 is 1.84. The number of aromatic nitrogens is 4. The minimum Gasteiger partial charge on any atom is -0.225 e. The summed E-state index contributed by atoms with van der Waals surface area (Å²) in [6.45, 7) is 4.30. The van der Waals surface area contributed by atoms with Crippen LogP contribution in [0.1, 0.15) is 45.0 Å². The quantitative estimate of drug-likeness (QED) is 0.688. The van der Waals surface area contributed by atoms with Crippen LogP contribution < -0.4 is 0 Å². The summed E-state index contributed by atoms with van der Waals surface area (Å²) in [7, 11) is 0. The van der Waals surface area contributed by atoms with E-state index in [1.54, 1.807) is 0 Å². The summed E-state index contributed by atoms with van der Waals surface area (Å²) in [5, 5.41) is 11.4. The molecule has 0 aliphatic carbocycles. The Kier molecular flexibility index (Phi) is 4.15. The highest BCUT2D eigenvalue weighted by molar-refractivity contribution is 6.16. The molecule has 13 heavy (non-hydrogen) atoms. The zero-order chi connectivity index (χ0) is 9.68. The second-order valence-electron chi connectivity index (χ2n) is 3.02. The summed E-state index contributed by atoms with van der Waals surface area (Å²) in [5.74, 6) is 1.15. The molecule has 5 heteroatoms. The number of rotatable bonds is 5. The second kappa shape index (κ2) is 5.17. The van der Waals surface area contributed by atoms with Gasteiger partial charge >= 0.3 is 0 Å². The topological polar surface area (TPSA) is 43.6 Å². The fraction of sp³-hybridized carbons (Fsp3) is 0.875. The number of tetrazole rings is 1. The molecule has 0 fully saturated rings. The lowest BCUT2D eigenvalue weighted by atomic mass is 10.1. The van der Waals surface area contributed by atoms with Gasteiger partial charge in [0.1, 0.15) is 0 Å². The van der Waals surface area contributed by atoms with Crippen LogP contribution in [0.2, 0.25) is 0 Å². The summed E-state index contributed by atoms with van der Waals surface area (Å²) in [6, 6.07) is 0.397. The van der Waals surface area contributed by atoms with Gasteiger partial charge in [0.15, 0.2) is 5.82 Å². The van der Waals surface area contributed by atoms with Gasteiger partial charge in [-0.05, 0) is 23.3 Å². The van der Waals surface area contributed by atoms with E-state index in [0.29, 0.717) is 11.9 Å². The zero-order valence-electron chi connectivity index (χ0n) is 8.07. The maximum Gasteiger partial charge on any atom is 0.166 e. The molecule has 1 unspecified atom stereocenters. The number of alkyl halides is 1. The van der Waals surface area contributed by atoms with Crippen LogP contribution in [0, 0.1) is 0 Å². The molecular weight excluding hydrogens is 188 g/mol. The Labute approximate surface area is 83.3 Å². The summed E-state index contributed by atoms with van der Waals surface area (Å²) in [6.07, 6.45) is 3.29. The molecule has 74 valence electrons. The average Bonchev–Trinajstić information content (AvgIpc) is 2.61. The van der Waals surface area contributed by atoms with Gasteiger partial charge in [0.2, 0.25) is 0 Å². The molecule has 0 aliphatic rings. The minimum atomic E-state index is 0.382. The first-order chi connectivity index (χ1) is 6.33. The predicted molar refractivity (Wildman–Crippen MR) is 51.6 cm³/mol. The summed E-state index contributed by atoms with van der Waals surface area (Å²) >= 11 is 5.71. The van der Waals surface area contributed by atoms with E-state index in [9.17, 15) is 0 Å². The van der Waals surface area contributed by atoms with Crippen molar-refractivity contribution in [2.75, 3.05) is 0 Å². The Hall–Kier alpha value is -0.640. The van der Waals surface area contributed by atoms with Crippen LogP contribution in [0.5, 0.6) is 0 Å². The molecule has 0 saturated heterocycles. The van der Waals surface area contributed by atoms with Crippen LogP contribution >= 0.6 is 11.6 Å². The molecule has 0 aliphatic heterocycles. The SMILES string of the molecule is CCCC(CC)n1nnnc1CCl. The molecule has 0 saturated carbocycles. The first-order valence-corrected chi connectivity index (χ1v) is 5.19. The molecule has 0 aromatic carbocycles. The Balaban J connectivity index is 2.77. The maximum atomic E-state index is 5.71. The average molecular weight is 203 g/mol. The molecule has 0 amide bonds. The lowest BCUT2D eigenvalue weighted by Gasteiger charge is -2.14. The molecule has 4 nitrogen and oxygen atoms in total. The van der Waals surface area contributed by atoms with Gasteiger partial charge in [-0.3, -0.25) is 0 Å². The number of halogens is 1. The van der Waals surface area contributed by atoms with Crippen molar-refractivity contribution in [1.82, 2.24) is 20.2 Å². The second-order valence-corrected chi connectivity index (χ2v) is 3.29. The van der Waals surface area contributed by atoms with E-state index in [-0.39, 0.29) is 0 Å². The molecule has 1 rings (SSSR count). The summed E-state index contributed by atoms with van der Waals surface area (Å²) in [5.41, 5.74) is 0. The van der Waals surface area contributed by atoms with Crippen molar-refractivity contribution in [2.24, 2.45) is 0 Å². The van der Waals surface area contributed by atoms with Crippen molar-refractivity contribution in [1.29, 1.82) is 0 Å². The third kappa shape index (κ3) is 2.40. The number of hydrogen-bond donors (Lipinski definition) is 0. The summed E-state index contributed by atoms with van der Waals surface area (Å²) in [4.78, 5) is 0. The van der Waals surface area contributed by atoms with E-state index in [0.717, 1.165) is 25.1 Å². The van der Waals surface area contributed by atoms with Crippen LogP contribution in [-0.2, 0) is 5.88 Å². The fourth-order valence-electron chi connectivity index (χ4n) is 1.42. The van der Waals surface area contributed by atoms with Gasteiger partial charge in [0, 0.05) is 0 Å². The van der Waals surface area contributed by atoms with Crippen LogP contribution in [0.4, 0.5) is 0 Å². The minimum absolute atomic E-state index is 0.382. The Bertz CT molecular complexity index is 248. The van der Waals surface area contributed by atoms with E-state index in [1.165, 1.54) is 0 Å². The molecule has 0 radical (unpaired) electrons. The third-order valence-electron chi connectivity index (χ3n) is 2.12. The van der Waals surface area contributed by atoms with Gasteiger partial charge in [0.25, 0.3) is 0 Å². The normalized spacial score (nSPS) is 13.2. The van der Waals surface area contributed by atoms with Crippen LogP contribution in [0.3, 0.4) is 0 Å². The van der Waals surface area contributed by atoms with Crippen molar-refractivity contribution >= 4 is 11.6 Å². The largest absolute Gasteiger partial charge is 0.225 e. The molecule has 0 bridgehead atoms. The van der Waals surface area contributed by atoms with Crippen LogP contribution in [0.15, 0.2) is 0 Å². The van der Waals surface area contributed by atoms with Gasteiger partial charge in [-0.1, -0.05) is 20.3 Å². The Morgan fingerprint density at radius 2 is 2.23 bits per heavy atom. The Morgan fingerprint density at radius 3 is 2.77 bits per heavy atom. The predicted octanol–water partition coefficient (Wildman–Crippen LogP) is 2.16. The molecule has 0 N–H and O–H groups in total. The first kappa shape index (κ1) is 10.4. The van der Waals surface area contributed by atoms with E-state index >= 15 is 0 Å². The molecule has 0 spiro atoms. The highest BCUT2D eigenvalue weighted by Gasteiger charge is 2.13. The van der Waals surface area contributed by atoms with Crippen molar-refractivity contribution in [3.63, 3.8) is 0 Å². The number of hydrogen-bond acceptors (Lipinski definition) is 3. The zero-order valence-corrected chi connectivity index (χ0v) is 8.83. The van der Waals surface area contributed by atoms with E-state index in [4.69, 9.17) is 11.6 Å². The molecule has 1 heterocycles. The molecular formula is C8H15ClN4. The maximum absolute atomic E-state index is 5.71. The number of nitrogens with zero attached hydrogens (tertiary/aromatic N) is 4. The monoisotopic (exact) mass is 202 g/mol. The van der Waals surface area contributed by atoms with Gasteiger partial charge in [-0.15, -0.1) is 16.7 Å². The molecule has 1 atom stereocenters. The van der Waals surface area contributed by atoms with E-state index in [1.807, 2.05) is 4.68 Å².